The predicted molar refractivity (Wildman–Crippen MR) is 95.1 cm³/mol. The molecule has 0 aliphatic heterocycles. The molecule has 1 amide bonds. The minimum Gasteiger partial charge on any atom is -0.352 e. The number of imidazole rings is 1. The molecule has 0 spiro atoms. The van der Waals surface area contributed by atoms with Crippen LogP contribution in [0.2, 0.25) is 0 Å². The Hall–Kier alpha value is -2.27. The molecule has 0 unspecified atom stereocenters. The summed E-state index contributed by atoms with van der Waals surface area (Å²) in [4.78, 5) is 21.2. The maximum atomic E-state index is 12.3. The van der Waals surface area contributed by atoms with Crippen molar-refractivity contribution in [2.24, 2.45) is 0 Å². The lowest BCUT2D eigenvalue weighted by molar-refractivity contribution is 0.0953. The van der Waals surface area contributed by atoms with Crippen molar-refractivity contribution >= 4 is 28.7 Å². The van der Waals surface area contributed by atoms with Gasteiger partial charge in [-0.1, -0.05) is 18.2 Å². The van der Waals surface area contributed by atoms with Crippen LogP contribution in [-0.4, -0.2) is 28.7 Å². The van der Waals surface area contributed by atoms with E-state index in [2.05, 4.69) is 15.3 Å². The number of benzene rings is 2. The summed E-state index contributed by atoms with van der Waals surface area (Å²) in [6.07, 6.45) is 2.69. The lowest BCUT2D eigenvalue weighted by Crippen LogP contribution is -2.26. The number of H-pyrrole nitrogens is 1. The van der Waals surface area contributed by atoms with E-state index in [9.17, 15) is 4.79 Å². The van der Waals surface area contributed by atoms with Crippen LogP contribution in [0.15, 0.2) is 47.4 Å². The Labute approximate surface area is 139 Å². The van der Waals surface area contributed by atoms with Crippen LogP contribution in [0.1, 0.15) is 21.7 Å². The van der Waals surface area contributed by atoms with E-state index in [0.29, 0.717) is 13.0 Å². The quantitative estimate of drug-likeness (QED) is 0.705. The van der Waals surface area contributed by atoms with E-state index in [1.165, 1.54) is 0 Å². The molecular formula is C18H19N3OS. The number of aromatic amines is 1. The average molecular weight is 325 g/mol. The third-order valence-electron chi connectivity index (χ3n) is 3.78. The molecule has 0 fully saturated rings. The van der Waals surface area contributed by atoms with Gasteiger partial charge in [0.05, 0.1) is 11.0 Å². The fourth-order valence-corrected chi connectivity index (χ4v) is 2.93. The van der Waals surface area contributed by atoms with Crippen molar-refractivity contribution in [1.82, 2.24) is 15.3 Å². The third-order valence-corrected chi connectivity index (χ3v) is 4.50. The number of aromatic nitrogens is 2. The largest absolute Gasteiger partial charge is 0.352 e. The standard InChI is InChI=1S/C18H19N3OS/c1-12-7-8-13(23-2)11-14(12)18(22)19-10-9-17-20-15-5-3-4-6-16(15)21-17/h3-8,11H,9-10H2,1-2H3,(H,19,22)(H,20,21). The summed E-state index contributed by atoms with van der Waals surface area (Å²) in [5, 5.41) is 2.98. The van der Waals surface area contributed by atoms with E-state index < -0.39 is 0 Å². The Morgan fingerprint density at radius 1 is 1.26 bits per heavy atom. The molecule has 2 aromatic carbocycles. The molecule has 0 atom stereocenters. The molecular weight excluding hydrogens is 306 g/mol. The van der Waals surface area contributed by atoms with Gasteiger partial charge in [-0.3, -0.25) is 4.79 Å². The number of thioether (sulfide) groups is 1. The topological polar surface area (TPSA) is 57.8 Å². The number of carbonyl (C=O) groups is 1. The maximum Gasteiger partial charge on any atom is 0.251 e. The van der Waals surface area contributed by atoms with Gasteiger partial charge in [0.1, 0.15) is 5.82 Å². The lowest BCUT2D eigenvalue weighted by Gasteiger charge is -2.08. The zero-order valence-corrected chi connectivity index (χ0v) is 14.0. The van der Waals surface area contributed by atoms with Gasteiger partial charge in [-0.15, -0.1) is 11.8 Å². The van der Waals surface area contributed by atoms with Crippen LogP contribution in [0.5, 0.6) is 0 Å². The molecule has 3 rings (SSSR count). The summed E-state index contributed by atoms with van der Waals surface area (Å²) in [6, 6.07) is 13.9. The summed E-state index contributed by atoms with van der Waals surface area (Å²) in [6.45, 7) is 2.51. The molecule has 5 heteroatoms. The van der Waals surface area contributed by atoms with Crippen LogP contribution in [0.3, 0.4) is 0 Å². The Morgan fingerprint density at radius 3 is 2.87 bits per heavy atom. The number of fused-ring (bicyclic) bond motifs is 1. The Bertz CT molecular complexity index is 808. The van der Waals surface area contributed by atoms with Crippen LogP contribution in [-0.2, 0) is 6.42 Å². The summed E-state index contributed by atoms with van der Waals surface area (Å²) in [5.74, 6) is 0.857. The van der Waals surface area contributed by atoms with Gasteiger partial charge in [0, 0.05) is 23.4 Å². The van der Waals surface area contributed by atoms with Crippen molar-refractivity contribution in [3.8, 4) is 0 Å². The first-order valence-electron chi connectivity index (χ1n) is 7.54. The minimum atomic E-state index is -0.0329. The fourth-order valence-electron chi connectivity index (χ4n) is 2.49. The number of carbonyl (C=O) groups excluding carboxylic acids is 1. The first kappa shape index (κ1) is 15.6. The van der Waals surface area contributed by atoms with Gasteiger partial charge >= 0.3 is 0 Å². The summed E-state index contributed by atoms with van der Waals surface area (Å²) in [5.41, 5.74) is 3.71. The Balaban J connectivity index is 1.63. The number of nitrogens with one attached hydrogen (secondary N) is 2. The molecule has 2 N–H and O–H groups in total. The third kappa shape index (κ3) is 3.56. The molecule has 0 radical (unpaired) electrons. The van der Waals surface area contributed by atoms with Crippen molar-refractivity contribution in [3.63, 3.8) is 0 Å². The first-order chi connectivity index (χ1) is 11.2. The summed E-state index contributed by atoms with van der Waals surface area (Å²) in [7, 11) is 0. The molecule has 0 aliphatic rings. The molecule has 118 valence electrons. The van der Waals surface area contributed by atoms with Crippen LogP contribution in [0.25, 0.3) is 11.0 Å². The van der Waals surface area contributed by atoms with E-state index in [1.807, 2.05) is 55.6 Å². The molecule has 0 saturated heterocycles. The van der Waals surface area contributed by atoms with E-state index in [1.54, 1.807) is 11.8 Å². The van der Waals surface area contributed by atoms with Crippen LogP contribution < -0.4 is 5.32 Å². The number of amides is 1. The normalized spacial score (nSPS) is 10.9. The SMILES string of the molecule is CSc1ccc(C)c(C(=O)NCCc2nc3ccccc3[nH]2)c1. The lowest BCUT2D eigenvalue weighted by atomic mass is 10.1. The van der Waals surface area contributed by atoms with Crippen molar-refractivity contribution in [2.45, 2.75) is 18.2 Å². The molecule has 1 aromatic heterocycles. The second-order valence-electron chi connectivity index (χ2n) is 5.39. The van der Waals surface area contributed by atoms with Gasteiger partial charge in [-0.25, -0.2) is 4.98 Å². The Kier molecular flexibility index (Phi) is 4.67. The Morgan fingerprint density at radius 2 is 2.09 bits per heavy atom. The number of hydrogen-bond donors (Lipinski definition) is 2. The molecule has 1 heterocycles. The number of nitrogens with zero attached hydrogens (tertiary/aromatic N) is 1. The first-order valence-corrected chi connectivity index (χ1v) is 8.76. The van der Waals surface area contributed by atoms with Crippen LogP contribution in [0, 0.1) is 6.92 Å². The summed E-state index contributed by atoms with van der Waals surface area (Å²) < 4.78 is 0. The minimum absolute atomic E-state index is 0.0329. The number of hydrogen-bond acceptors (Lipinski definition) is 3. The van der Waals surface area contributed by atoms with Gasteiger partial charge in [0.2, 0.25) is 0 Å². The average Bonchev–Trinajstić information content (AvgIpc) is 2.98. The predicted octanol–water partition coefficient (Wildman–Crippen LogP) is 3.57. The number of rotatable bonds is 5. The summed E-state index contributed by atoms with van der Waals surface area (Å²) >= 11 is 1.64. The van der Waals surface area contributed by atoms with Crippen molar-refractivity contribution in [3.05, 3.63) is 59.4 Å². The highest BCUT2D eigenvalue weighted by Crippen LogP contribution is 2.19. The highest BCUT2D eigenvalue weighted by Gasteiger charge is 2.10. The van der Waals surface area contributed by atoms with E-state index >= 15 is 0 Å². The van der Waals surface area contributed by atoms with Crippen LogP contribution in [0.4, 0.5) is 0 Å². The van der Waals surface area contributed by atoms with Gasteiger partial charge < -0.3 is 10.3 Å². The van der Waals surface area contributed by atoms with Gasteiger partial charge in [-0.05, 0) is 43.0 Å². The second-order valence-corrected chi connectivity index (χ2v) is 6.27. The van der Waals surface area contributed by atoms with E-state index in [0.717, 1.165) is 32.9 Å². The fraction of sp³-hybridized carbons (Fsp3) is 0.222. The number of aryl methyl sites for hydroxylation is 1. The molecule has 23 heavy (non-hydrogen) atoms. The molecule has 0 aliphatic carbocycles. The van der Waals surface area contributed by atoms with Gasteiger partial charge in [-0.2, -0.15) is 0 Å². The van der Waals surface area contributed by atoms with Crippen LogP contribution >= 0.6 is 11.8 Å². The molecule has 0 saturated carbocycles. The number of para-hydroxylation sites is 2. The second kappa shape index (κ2) is 6.87. The van der Waals surface area contributed by atoms with Crippen molar-refractivity contribution in [2.75, 3.05) is 12.8 Å². The highest BCUT2D eigenvalue weighted by atomic mass is 32.2. The zero-order valence-electron chi connectivity index (χ0n) is 13.2. The monoisotopic (exact) mass is 325 g/mol. The van der Waals surface area contributed by atoms with Gasteiger partial charge in [0.15, 0.2) is 0 Å². The molecule has 4 nitrogen and oxygen atoms in total. The zero-order chi connectivity index (χ0) is 16.2. The molecule has 3 aromatic rings. The van der Waals surface area contributed by atoms with Crippen molar-refractivity contribution in [1.29, 1.82) is 0 Å². The smallest absolute Gasteiger partial charge is 0.251 e. The highest BCUT2D eigenvalue weighted by molar-refractivity contribution is 7.98. The van der Waals surface area contributed by atoms with E-state index in [4.69, 9.17) is 0 Å². The van der Waals surface area contributed by atoms with Gasteiger partial charge in [0.25, 0.3) is 5.91 Å². The molecule has 0 bridgehead atoms. The van der Waals surface area contributed by atoms with E-state index in [-0.39, 0.29) is 5.91 Å². The van der Waals surface area contributed by atoms with Crippen molar-refractivity contribution < 1.29 is 4.79 Å². The maximum absolute atomic E-state index is 12.3.